The highest BCUT2D eigenvalue weighted by molar-refractivity contribution is 9.10. The summed E-state index contributed by atoms with van der Waals surface area (Å²) in [7, 11) is 1.89. The van der Waals surface area contributed by atoms with Crippen LogP contribution in [0.25, 0.3) is 0 Å². The van der Waals surface area contributed by atoms with Gasteiger partial charge in [0.15, 0.2) is 0 Å². The first-order valence-electron chi connectivity index (χ1n) is 4.86. The van der Waals surface area contributed by atoms with Crippen LogP contribution in [-0.4, -0.2) is 29.5 Å². The van der Waals surface area contributed by atoms with E-state index in [0.29, 0.717) is 12.4 Å². The van der Waals surface area contributed by atoms with Crippen LogP contribution in [0.15, 0.2) is 10.8 Å². The maximum atomic E-state index is 5.45. The molecule has 0 radical (unpaired) electrons. The Hall–Kier alpha value is -1.28. The smallest absolute Gasteiger partial charge is 0.208 e. The largest absolute Gasteiger partial charge is 0.387 e. The molecule has 0 aliphatic carbocycles. The van der Waals surface area contributed by atoms with Crippen molar-refractivity contribution >= 4 is 33.1 Å². The van der Waals surface area contributed by atoms with Gasteiger partial charge in [-0.1, -0.05) is 12.2 Å². The minimum atomic E-state index is 0.198. The highest BCUT2D eigenvalue weighted by Gasteiger charge is 2.12. The molecule has 2 aromatic heterocycles. The van der Waals surface area contributed by atoms with Crippen molar-refractivity contribution in [2.75, 3.05) is 0 Å². The van der Waals surface area contributed by atoms with Gasteiger partial charge in [-0.2, -0.15) is 5.10 Å². The van der Waals surface area contributed by atoms with E-state index in [4.69, 9.17) is 18.0 Å². The third-order valence-electron chi connectivity index (χ3n) is 2.33. The molecule has 8 heteroatoms. The van der Waals surface area contributed by atoms with E-state index < -0.39 is 0 Å². The molecule has 2 heterocycles. The molecule has 0 spiro atoms. The molecular formula is C9H11BrN6S. The van der Waals surface area contributed by atoms with Crippen LogP contribution in [0.1, 0.15) is 17.2 Å². The van der Waals surface area contributed by atoms with Crippen LogP contribution in [0.4, 0.5) is 0 Å². The Balaban J connectivity index is 2.28. The molecule has 90 valence electrons. The number of rotatable bonds is 3. The Labute approximate surface area is 112 Å². The maximum absolute atomic E-state index is 5.45. The molecular weight excluding hydrogens is 304 g/mol. The molecule has 0 bridgehead atoms. The number of thiocarbonyl (C=S) groups is 1. The van der Waals surface area contributed by atoms with E-state index >= 15 is 0 Å². The fourth-order valence-electron chi connectivity index (χ4n) is 1.49. The number of aryl methyl sites for hydroxylation is 2. The molecule has 0 unspecified atom stereocenters. The van der Waals surface area contributed by atoms with E-state index in [0.717, 1.165) is 15.9 Å². The molecule has 0 atom stereocenters. The average molecular weight is 315 g/mol. The molecule has 2 N–H and O–H groups in total. The molecule has 17 heavy (non-hydrogen) atoms. The van der Waals surface area contributed by atoms with Gasteiger partial charge in [0.2, 0.25) is 5.82 Å². The number of hydrogen-bond acceptors (Lipinski definition) is 4. The van der Waals surface area contributed by atoms with E-state index in [-0.39, 0.29) is 4.99 Å². The Kier molecular flexibility index (Phi) is 3.25. The Morgan fingerprint density at radius 2 is 2.24 bits per heavy atom. The lowest BCUT2D eigenvalue weighted by Gasteiger charge is -2.02. The van der Waals surface area contributed by atoms with Crippen LogP contribution in [0.3, 0.4) is 0 Å². The summed E-state index contributed by atoms with van der Waals surface area (Å²) < 4.78 is 4.46. The fraction of sp³-hybridized carbons (Fsp3) is 0.333. The van der Waals surface area contributed by atoms with Crippen molar-refractivity contribution in [3.8, 4) is 0 Å². The van der Waals surface area contributed by atoms with Crippen molar-refractivity contribution in [3.05, 3.63) is 28.0 Å². The molecule has 0 amide bonds. The van der Waals surface area contributed by atoms with Gasteiger partial charge in [0.1, 0.15) is 11.3 Å². The van der Waals surface area contributed by atoms with Crippen LogP contribution in [0, 0.1) is 6.92 Å². The molecule has 0 saturated carbocycles. The fourth-order valence-corrected chi connectivity index (χ4v) is 2.04. The molecule has 2 rings (SSSR count). The first kappa shape index (κ1) is 12.2. The predicted molar refractivity (Wildman–Crippen MR) is 70.7 cm³/mol. The second-order valence-corrected chi connectivity index (χ2v) is 4.83. The number of hydrogen-bond donors (Lipinski definition) is 1. The van der Waals surface area contributed by atoms with Gasteiger partial charge in [-0.15, -0.1) is 5.10 Å². The molecule has 6 nitrogen and oxygen atoms in total. The Morgan fingerprint density at radius 1 is 1.53 bits per heavy atom. The van der Waals surface area contributed by atoms with Crippen molar-refractivity contribution in [2.45, 2.75) is 13.5 Å². The van der Waals surface area contributed by atoms with Crippen LogP contribution >= 0.6 is 28.1 Å². The molecule has 0 saturated heterocycles. The van der Waals surface area contributed by atoms with Crippen LogP contribution < -0.4 is 5.73 Å². The van der Waals surface area contributed by atoms with E-state index in [1.54, 1.807) is 11.0 Å². The highest BCUT2D eigenvalue weighted by atomic mass is 79.9. The third kappa shape index (κ3) is 2.37. The second kappa shape index (κ2) is 4.53. The first-order chi connectivity index (χ1) is 7.99. The molecule has 0 aliphatic rings. The standard InChI is InChI=1S/C9H11BrN6S/c1-5-7(10)6(15(2)13-5)3-16-4-12-9(14-16)8(11)17/h4H,3H2,1-2H3,(H2,11,17). The Morgan fingerprint density at radius 3 is 2.71 bits per heavy atom. The van der Waals surface area contributed by atoms with E-state index in [1.807, 2.05) is 18.7 Å². The molecule has 0 aliphatic heterocycles. The monoisotopic (exact) mass is 314 g/mol. The van der Waals surface area contributed by atoms with Crippen LogP contribution in [-0.2, 0) is 13.6 Å². The van der Waals surface area contributed by atoms with Gasteiger partial charge in [-0.3, -0.25) is 4.68 Å². The molecule has 0 fully saturated rings. The van der Waals surface area contributed by atoms with E-state index in [9.17, 15) is 0 Å². The number of halogens is 1. The van der Waals surface area contributed by atoms with Gasteiger partial charge in [-0.25, -0.2) is 9.67 Å². The van der Waals surface area contributed by atoms with Crippen LogP contribution in [0.2, 0.25) is 0 Å². The van der Waals surface area contributed by atoms with Gasteiger partial charge in [0, 0.05) is 7.05 Å². The summed E-state index contributed by atoms with van der Waals surface area (Å²) >= 11 is 8.31. The Bertz CT molecular complexity index is 572. The summed E-state index contributed by atoms with van der Waals surface area (Å²) in [5, 5.41) is 8.48. The van der Waals surface area contributed by atoms with Crippen molar-refractivity contribution in [2.24, 2.45) is 12.8 Å². The third-order valence-corrected chi connectivity index (χ3v) is 3.54. The summed E-state index contributed by atoms with van der Waals surface area (Å²) in [5.41, 5.74) is 7.41. The van der Waals surface area contributed by atoms with Gasteiger partial charge in [0.05, 0.1) is 22.4 Å². The van der Waals surface area contributed by atoms with Crippen molar-refractivity contribution < 1.29 is 0 Å². The quantitative estimate of drug-likeness (QED) is 0.847. The zero-order chi connectivity index (χ0) is 12.6. The average Bonchev–Trinajstić information content (AvgIpc) is 2.80. The number of nitrogens with zero attached hydrogens (tertiary/aromatic N) is 5. The minimum Gasteiger partial charge on any atom is -0.387 e. The van der Waals surface area contributed by atoms with E-state index in [2.05, 4.69) is 31.1 Å². The summed E-state index contributed by atoms with van der Waals surface area (Å²) in [5.74, 6) is 0.384. The zero-order valence-electron chi connectivity index (χ0n) is 9.38. The molecule has 2 aromatic rings. The second-order valence-electron chi connectivity index (χ2n) is 3.60. The van der Waals surface area contributed by atoms with Crippen molar-refractivity contribution in [3.63, 3.8) is 0 Å². The maximum Gasteiger partial charge on any atom is 0.208 e. The van der Waals surface area contributed by atoms with Gasteiger partial charge in [-0.05, 0) is 22.9 Å². The summed E-state index contributed by atoms with van der Waals surface area (Å²) in [6.07, 6.45) is 1.60. The lowest BCUT2D eigenvalue weighted by Crippen LogP contribution is -2.13. The predicted octanol–water partition coefficient (Wildman–Crippen LogP) is 0.765. The van der Waals surface area contributed by atoms with Crippen LogP contribution in [0.5, 0.6) is 0 Å². The summed E-state index contributed by atoms with van der Waals surface area (Å²) in [4.78, 5) is 4.22. The summed E-state index contributed by atoms with van der Waals surface area (Å²) in [6, 6.07) is 0. The topological polar surface area (TPSA) is 74.5 Å². The van der Waals surface area contributed by atoms with Gasteiger partial charge in [0.25, 0.3) is 0 Å². The van der Waals surface area contributed by atoms with Gasteiger partial charge >= 0.3 is 0 Å². The number of aromatic nitrogens is 5. The SMILES string of the molecule is Cc1nn(C)c(Cn2cnc(C(N)=S)n2)c1Br. The lowest BCUT2D eigenvalue weighted by molar-refractivity contribution is 0.615. The number of nitrogens with two attached hydrogens (primary N) is 1. The normalized spacial score (nSPS) is 10.8. The van der Waals surface area contributed by atoms with Gasteiger partial charge < -0.3 is 5.73 Å². The minimum absolute atomic E-state index is 0.198. The highest BCUT2D eigenvalue weighted by Crippen LogP contribution is 2.20. The molecule has 0 aromatic carbocycles. The summed E-state index contributed by atoms with van der Waals surface area (Å²) in [6.45, 7) is 2.50. The zero-order valence-corrected chi connectivity index (χ0v) is 11.8. The van der Waals surface area contributed by atoms with Crippen molar-refractivity contribution in [1.29, 1.82) is 0 Å². The van der Waals surface area contributed by atoms with E-state index in [1.165, 1.54) is 0 Å². The van der Waals surface area contributed by atoms with Crippen molar-refractivity contribution in [1.82, 2.24) is 24.5 Å². The first-order valence-corrected chi connectivity index (χ1v) is 6.06. The lowest BCUT2D eigenvalue weighted by atomic mass is 10.4.